The molecule has 3 aromatic rings. The number of imidazole rings is 1. The van der Waals surface area contributed by atoms with Crippen LogP contribution in [-0.4, -0.2) is 31.4 Å². The fourth-order valence-corrected chi connectivity index (χ4v) is 4.38. The molecule has 0 saturated heterocycles. The lowest BCUT2D eigenvalue weighted by Gasteiger charge is -2.23. The number of halogens is 2. The first-order valence-corrected chi connectivity index (χ1v) is 11.7. The largest absolute Gasteiger partial charge is 0.495 e. The number of fused-ring (bicyclic) bond motifs is 1. The van der Waals surface area contributed by atoms with Crippen LogP contribution in [0.5, 0.6) is 5.75 Å². The third kappa shape index (κ3) is 4.23. The lowest BCUT2D eigenvalue weighted by Crippen LogP contribution is -2.16. The fraction of sp³-hybridized carbons (Fsp3) is 0.250. The van der Waals surface area contributed by atoms with Crippen LogP contribution in [0.1, 0.15) is 42.3 Å². The fourth-order valence-electron chi connectivity index (χ4n) is 4.38. The number of aryl methyl sites for hydroxylation is 2. The molecular weight excluding hydrogens is 460 g/mol. The Morgan fingerprint density at radius 1 is 0.972 bits per heavy atom. The third-order valence-electron chi connectivity index (χ3n) is 6.49. The molecule has 36 heavy (non-hydrogen) atoms. The Bertz CT molecular complexity index is 1500. The molecule has 1 atom stereocenters. The van der Waals surface area contributed by atoms with Crippen LogP contribution in [0.3, 0.4) is 0 Å². The molecule has 8 heteroatoms. The van der Waals surface area contributed by atoms with Gasteiger partial charge in [0.15, 0.2) is 5.82 Å². The standard InChI is InChI=1S/C28H27F2N5O/c1-17-6-8-20(9-7-17)19(3)35-15-22(28(4,29)30)13-23-26(32-33-27(23)35)21-10-11-24(25(12-21)36-5)34-14-18(2)31-16-34/h6-16,19H,1-5H3/t19-/m0/s1. The number of methoxy groups -OCH3 is 1. The summed E-state index contributed by atoms with van der Waals surface area (Å²) in [7, 11) is 1.59. The van der Waals surface area contributed by atoms with E-state index >= 15 is 0 Å². The van der Waals surface area contributed by atoms with E-state index in [9.17, 15) is 8.78 Å². The number of benzene rings is 2. The van der Waals surface area contributed by atoms with Crippen molar-refractivity contribution in [1.82, 2.24) is 24.3 Å². The Labute approximate surface area is 208 Å². The molecule has 6 nitrogen and oxygen atoms in total. The molecule has 0 aliphatic carbocycles. The van der Waals surface area contributed by atoms with E-state index < -0.39 is 5.92 Å². The van der Waals surface area contributed by atoms with Crippen molar-refractivity contribution in [1.29, 1.82) is 0 Å². The molecule has 0 unspecified atom stereocenters. The number of alkyl halides is 2. The summed E-state index contributed by atoms with van der Waals surface area (Å²) in [6, 6.07) is 14.9. The summed E-state index contributed by atoms with van der Waals surface area (Å²) in [5, 5.41) is 8.86. The zero-order valence-electron chi connectivity index (χ0n) is 20.8. The molecule has 1 aromatic heterocycles. The van der Waals surface area contributed by atoms with Crippen LogP contribution in [0.2, 0.25) is 0 Å². The highest BCUT2D eigenvalue weighted by Gasteiger charge is 2.30. The van der Waals surface area contributed by atoms with Gasteiger partial charge in [-0.25, -0.2) is 13.8 Å². The first-order valence-electron chi connectivity index (χ1n) is 11.7. The van der Waals surface area contributed by atoms with Gasteiger partial charge in [-0.3, -0.25) is 0 Å². The zero-order valence-corrected chi connectivity index (χ0v) is 20.8. The highest BCUT2D eigenvalue weighted by atomic mass is 19.3. The lowest BCUT2D eigenvalue weighted by atomic mass is 10.00. The molecule has 0 fully saturated rings. The zero-order chi connectivity index (χ0) is 25.6. The van der Waals surface area contributed by atoms with Gasteiger partial charge in [-0.1, -0.05) is 35.9 Å². The van der Waals surface area contributed by atoms with Crippen molar-refractivity contribution in [3.63, 3.8) is 0 Å². The van der Waals surface area contributed by atoms with E-state index in [4.69, 9.17) is 4.74 Å². The quantitative estimate of drug-likeness (QED) is 0.271. The minimum atomic E-state index is -3.03. The van der Waals surface area contributed by atoms with Crippen molar-refractivity contribution in [3.8, 4) is 34.1 Å². The van der Waals surface area contributed by atoms with E-state index in [0.717, 1.165) is 35.0 Å². The van der Waals surface area contributed by atoms with E-state index in [2.05, 4.69) is 15.2 Å². The number of hydrogen-bond donors (Lipinski definition) is 0. The van der Waals surface area contributed by atoms with E-state index in [0.29, 0.717) is 22.8 Å². The van der Waals surface area contributed by atoms with Gasteiger partial charge >= 0.3 is 0 Å². The van der Waals surface area contributed by atoms with Gasteiger partial charge in [0.25, 0.3) is 5.92 Å². The van der Waals surface area contributed by atoms with Crippen molar-refractivity contribution in [2.75, 3.05) is 7.11 Å². The van der Waals surface area contributed by atoms with Crippen LogP contribution in [0, 0.1) is 13.8 Å². The number of nitrogens with zero attached hydrogens (tertiary/aromatic N) is 5. The maximum absolute atomic E-state index is 14.6. The van der Waals surface area contributed by atoms with Crippen LogP contribution < -0.4 is 4.74 Å². The molecule has 2 aromatic carbocycles. The third-order valence-corrected chi connectivity index (χ3v) is 6.49. The summed E-state index contributed by atoms with van der Waals surface area (Å²) in [4.78, 5) is 4.28. The summed E-state index contributed by atoms with van der Waals surface area (Å²) >= 11 is 0. The predicted octanol–water partition coefficient (Wildman–Crippen LogP) is 6.58. The number of ether oxygens (including phenoxy) is 1. The van der Waals surface area contributed by atoms with Crippen LogP contribution in [-0.2, 0) is 5.92 Å². The molecule has 3 heterocycles. The summed E-state index contributed by atoms with van der Waals surface area (Å²) in [6.07, 6.45) is 5.10. The van der Waals surface area contributed by atoms with Gasteiger partial charge in [-0.2, -0.15) is 0 Å². The van der Waals surface area contributed by atoms with Gasteiger partial charge in [0, 0.05) is 36.0 Å². The maximum Gasteiger partial charge on any atom is 0.271 e. The van der Waals surface area contributed by atoms with Crippen molar-refractivity contribution in [3.05, 3.63) is 89.6 Å². The average Bonchev–Trinajstić information content (AvgIpc) is 3.49. The Hall–Kier alpha value is -4.07. The number of hydrogen-bond acceptors (Lipinski definition) is 4. The SMILES string of the molecule is COc1cc(-c2nnc3n([C@@H](C)c4ccc(C)cc4)cc(C(C)(F)F)cc2-3)ccc1-n1cnc(C)c1. The van der Waals surface area contributed by atoms with Crippen molar-refractivity contribution in [2.24, 2.45) is 0 Å². The second-order valence-corrected chi connectivity index (χ2v) is 9.21. The minimum Gasteiger partial charge on any atom is -0.495 e. The van der Waals surface area contributed by atoms with E-state index in [1.807, 2.05) is 74.0 Å². The topological polar surface area (TPSA) is 57.8 Å². The Balaban J connectivity index is 1.64. The summed E-state index contributed by atoms with van der Waals surface area (Å²) in [5.74, 6) is -1.88. The Kier molecular flexibility index (Phi) is 5.82. The van der Waals surface area contributed by atoms with Gasteiger partial charge in [0.05, 0.1) is 30.9 Å². The second-order valence-electron chi connectivity index (χ2n) is 9.21. The molecule has 0 bridgehead atoms. The predicted molar refractivity (Wildman–Crippen MR) is 135 cm³/mol. The van der Waals surface area contributed by atoms with Gasteiger partial charge in [0.2, 0.25) is 0 Å². The first kappa shape index (κ1) is 23.7. The van der Waals surface area contributed by atoms with Gasteiger partial charge < -0.3 is 13.9 Å². The smallest absolute Gasteiger partial charge is 0.271 e. The molecule has 0 radical (unpaired) electrons. The van der Waals surface area contributed by atoms with Gasteiger partial charge in [0.1, 0.15) is 11.4 Å². The molecule has 184 valence electrons. The molecule has 0 spiro atoms. The van der Waals surface area contributed by atoms with Crippen molar-refractivity contribution in [2.45, 2.75) is 39.7 Å². The van der Waals surface area contributed by atoms with E-state index in [1.54, 1.807) is 18.0 Å². The first-order chi connectivity index (χ1) is 17.2. The maximum atomic E-state index is 14.6. The average molecular weight is 488 g/mol. The monoisotopic (exact) mass is 487 g/mol. The van der Waals surface area contributed by atoms with Crippen molar-refractivity contribution < 1.29 is 13.5 Å². The van der Waals surface area contributed by atoms with Crippen LogP contribution in [0.4, 0.5) is 8.78 Å². The molecule has 0 amide bonds. The molecule has 0 saturated carbocycles. The molecular formula is C28H27F2N5O. The van der Waals surface area contributed by atoms with Crippen molar-refractivity contribution >= 4 is 0 Å². The number of pyridine rings is 1. The minimum absolute atomic E-state index is 0.0949. The molecule has 5 rings (SSSR count). The normalized spacial score (nSPS) is 12.8. The Morgan fingerprint density at radius 2 is 1.72 bits per heavy atom. The molecule has 0 N–H and O–H groups in total. The van der Waals surface area contributed by atoms with Gasteiger partial charge in [-0.15, -0.1) is 10.2 Å². The highest BCUT2D eigenvalue weighted by molar-refractivity contribution is 5.80. The van der Waals surface area contributed by atoms with Gasteiger partial charge in [-0.05, 0) is 44.5 Å². The second kappa shape index (κ2) is 8.86. The van der Waals surface area contributed by atoms with E-state index in [1.165, 1.54) is 12.3 Å². The van der Waals surface area contributed by atoms with E-state index in [-0.39, 0.29) is 11.6 Å². The van der Waals surface area contributed by atoms with Crippen LogP contribution in [0.25, 0.3) is 28.3 Å². The highest BCUT2D eigenvalue weighted by Crippen LogP contribution is 2.40. The summed E-state index contributed by atoms with van der Waals surface area (Å²) in [6.45, 7) is 6.81. The molecule has 2 aliphatic rings. The summed E-state index contributed by atoms with van der Waals surface area (Å²) < 4.78 is 38.5. The van der Waals surface area contributed by atoms with Crippen LogP contribution in [0.15, 0.2) is 67.3 Å². The summed E-state index contributed by atoms with van der Waals surface area (Å²) in [5.41, 5.74) is 5.53. The number of aromatic nitrogens is 5. The lowest BCUT2D eigenvalue weighted by molar-refractivity contribution is 0.0167. The van der Waals surface area contributed by atoms with Crippen LogP contribution >= 0.6 is 0 Å². The number of rotatable bonds is 6. The Morgan fingerprint density at radius 3 is 2.36 bits per heavy atom. The molecule has 2 aliphatic heterocycles.